The molecule has 4 N–H and O–H groups in total. The summed E-state index contributed by atoms with van der Waals surface area (Å²) in [7, 11) is 0. The van der Waals surface area contributed by atoms with E-state index in [9.17, 15) is 9.18 Å². The summed E-state index contributed by atoms with van der Waals surface area (Å²) in [5.74, 6) is -0.553. The van der Waals surface area contributed by atoms with Crippen molar-refractivity contribution in [3.05, 3.63) is 35.6 Å². The topological polar surface area (TPSA) is 87.7 Å². The SMILES string of the molecule is NC(=NO)C(NC(=O)Cc1ccccc1F)C1CC1. The van der Waals surface area contributed by atoms with Crippen molar-refractivity contribution in [2.75, 3.05) is 0 Å². The Morgan fingerprint density at radius 1 is 1.53 bits per heavy atom. The fourth-order valence-corrected chi connectivity index (χ4v) is 1.96. The zero-order chi connectivity index (χ0) is 13.8. The first kappa shape index (κ1) is 13.3. The minimum Gasteiger partial charge on any atom is -0.409 e. The molecule has 0 saturated heterocycles. The van der Waals surface area contributed by atoms with Crippen LogP contribution in [0, 0.1) is 11.7 Å². The second kappa shape index (κ2) is 5.69. The number of nitrogens with one attached hydrogen (secondary N) is 1. The minimum atomic E-state index is -0.468. The third kappa shape index (κ3) is 3.43. The molecule has 1 unspecified atom stereocenters. The van der Waals surface area contributed by atoms with Gasteiger partial charge in [0.2, 0.25) is 5.91 Å². The van der Waals surface area contributed by atoms with E-state index >= 15 is 0 Å². The van der Waals surface area contributed by atoms with E-state index in [0.717, 1.165) is 12.8 Å². The average Bonchev–Trinajstić information content (AvgIpc) is 3.22. The van der Waals surface area contributed by atoms with Crippen molar-refractivity contribution in [3.8, 4) is 0 Å². The highest BCUT2D eigenvalue weighted by atomic mass is 19.1. The van der Waals surface area contributed by atoms with Crippen LogP contribution in [0.1, 0.15) is 18.4 Å². The van der Waals surface area contributed by atoms with Crippen LogP contribution in [0.5, 0.6) is 0 Å². The third-order valence-corrected chi connectivity index (χ3v) is 3.15. The Morgan fingerprint density at radius 2 is 2.21 bits per heavy atom. The number of carbonyl (C=O) groups excluding carboxylic acids is 1. The molecule has 19 heavy (non-hydrogen) atoms. The zero-order valence-corrected chi connectivity index (χ0v) is 10.3. The van der Waals surface area contributed by atoms with Crippen LogP contribution < -0.4 is 11.1 Å². The van der Waals surface area contributed by atoms with Crippen molar-refractivity contribution in [1.82, 2.24) is 5.32 Å². The van der Waals surface area contributed by atoms with Gasteiger partial charge in [0.1, 0.15) is 5.82 Å². The van der Waals surface area contributed by atoms with Crippen molar-refractivity contribution < 1.29 is 14.4 Å². The van der Waals surface area contributed by atoms with Gasteiger partial charge in [0.25, 0.3) is 0 Å². The van der Waals surface area contributed by atoms with Gasteiger partial charge >= 0.3 is 0 Å². The van der Waals surface area contributed by atoms with Crippen LogP contribution in [-0.2, 0) is 11.2 Å². The maximum absolute atomic E-state index is 13.4. The predicted octanol–water partition coefficient (Wildman–Crippen LogP) is 1.01. The molecule has 1 aliphatic carbocycles. The molecule has 6 heteroatoms. The second-order valence-corrected chi connectivity index (χ2v) is 4.68. The molecule has 0 radical (unpaired) electrons. The van der Waals surface area contributed by atoms with Crippen LogP contribution in [0.3, 0.4) is 0 Å². The summed E-state index contributed by atoms with van der Waals surface area (Å²) in [5.41, 5.74) is 5.87. The molecular formula is C13H16FN3O2. The van der Waals surface area contributed by atoms with E-state index in [0.29, 0.717) is 5.56 Å². The number of halogens is 1. The van der Waals surface area contributed by atoms with Crippen molar-refractivity contribution in [3.63, 3.8) is 0 Å². The van der Waals surface area contributed by atoms with Gasteiger partial charge in [-0.05, 0) is 30.4 Å². The van der Waals surface area contributed by atoms with Crippen LogP contribution in [0.2, 0.25) is 0 Å². The molecule has 1 aromatic carbocycles. The number of rotatable bonds is 5. The summed E-state index contributed by atoms with van der Waals surface area (Å²) < 4.78 is 13.4. The van der Waals surface area contributed by atoms with Crippen LogP contribution in [-0.4, -0.2) is 23.0 Å². The van der Waals surface area contributed by atoms with Gasteiger partial charge in [-0.2, -0.15) is 0 Å². The fraction of sp³-hybridized carbons (Fsp3) is 0.385. The van der Waals surface area contributed by atoms with Gasteiger partial charge < -0.3 is 16.3 Å². The molecule has 0 spiro atoms. The normalized spacial score (nSPS) is 17.0. The van der Waals surface area contributed by atoms with Crippen molar-refractivity contribution in [1.29, 1.82) is 0 Å². The quantitative estimate of drug-likeness (QED) is 0.321. The molecule has 0 aliphatic heterocycles. The Hall–Kier alpha value is -2.11. The summed E-state index contributed by atoms with van der Waals surface area (Å²) in [4.78, 5) is 11.9. The van der Waals surface area contributed by atoms with Crippen LogP contribution in [0.25, 0.3) is 0 Å². The molecule has 5 nitrogen and oxygen atoms in total. The number of amides is 1. The standard InChI is InChI=1S/C13H16FN3O2/c14-10-4-2-1-3-9(10)7-11(18)16-12(8-5-6-8)13(15)17-19/h1-4,8,12,19H,5-7H2,(H2,15,17)(H,16,18). The van der Waals surface area contributed by atoms with Gasteiger partial charge in [0.15, 0.2) is 5.84 Å². The van der Waals surface area contributed by atoms with Gasteiger partial charge in [-0.1, -0.05) is 23.4 Å². The lowest BCUT2D eigenvalue weighted by Gasteiger charge is -2.16. The highest BCUT2D eigenvalue weighted by molar-refractivity contribution is 5.91. The maximum Gasteiger partial charge on any atom is 0.225 e. The summed E-state index contributed by atoms with van der Waals surface area (Å²) in [6.45, 7) is 0. The molecule has 1 saturated carbocycles. The van der Waals surface area contributed by atoms with E-state index in [1.165, 1.54) is 6.07 Å². The number of nitrogens with two attached hydrogens (primary N) is 1. The van der Waals surface area contributed by atoms with Gasteiger partial charge in [-0.25, -0.2) is 4.39 Å². The Labute approximate surface area is 110 Å². The van der Waals surface area contributed by atoms with E-state index < -0.39 is 11.9 Å². The average molecular weight is 265 g/mol. The number of oxime groups is 1. The smallest absolute Gasteiger partial charge is 0.225 e. The lowest BCUT2D eigenvalue weighted by Crippen LogP contribution is -2.46. The summed E-state index contributed by atoms with van der Waals surface area (Å²) >= 11 is 0. The molecule has 1 fully saturated rings. The molecule has 1 aliphatic rings. The van der Waals surface area contributed by atoms with E-state index in [2.05, 4.69) is 10.5 Å². The Kier molecular flexibility index (Phi) is 3.99. The van der Waals surface area contributed by atoms with Crippen molar-refractivity contribution >= 4 is 11.7 Å². The van der Waals surface area contributed by atoms with Gasteiger partial charge in [-0.15, -0.1) is 0 Å². The second-order valence-electron chi connectivity index (χ2n) is 4.68. The zero-order valence-electron chi connectivity index (χ0n) is 10.3. The van der Waals surface area contributed by atoms with Crippen molar-refractivity contribution in [2.45, 2.75) is 25.3 Å². The highest BCUT2D eigenvalue weighted by Crippen LogP contribution is 2.32. The largest absolute Gasteiger partial charge is 0.409 e. The van der Waals surface area contributed by atoms with Crippen LogP contribution >= 0.6 is 0 Å². The molecular weight excluding hydrogens is 249 g/mol. The van der Waals surface area contributed by atoms with Crippen LogP contribution in [0.15, 0.2) is 29.4 Å². The van der Waals surface area contributed by atoms with Gasteiger partial charge in [0.05, 0.1) is 12.5 Å². The van der Waals surface area contributed by atoms with Crippen LogP contribution in [0.4, 0.5) is 4.39 Å². The lowest BCUT2D eigenvalue weighted by molar-refractivity contribution is -0.120. The minimum absolute atomic E-state index is 0.00983. The van der Waals surface area contributed by atoms with Gasteiger partial charge in [-0.3, -0.25) is 4.79 Å². The maximum atomic E-state index is 13.4. The molecule has 0 heterocycles. The molecule has 1 aromatic rings. The van der Waals surface area contributed by atoms with Crippen molar-refractivity contribution in [2.24, 2.45) is 16.8 Å². The van der Waals surface area contributed by atoms with E-state index in [-0.39, 0.29) is 24.1 Å². The Morgan fingerprint density at radius 3 is 2.79 bits per heavy atom. The van der Waals surface area contributed by atoms with E-state index in [4.69, 9.17) is 10.9 Å². The number of amidine groups is 1. The fourth-order valence-electron chi connectivity index (χ4n) is 1.96. The molecule has 0 bridgehead atoms. The number of hydrogen-bond acceptors (Lipinski definition) is 3. The molecule has 1 amide bonds. The Balaban J connectivity index is 1.98. The van der Waals surface area contributed by atoms with E-state index in [1.54, 1.807) is 18.2 Å². The third-order valence-electron chi connectivity index (χ3n) is 3.15. The first-order chi connectivity index (χ1) is 9.11. The first-order valence-electron chi connectivity index (χ1n) is 6.12. The van der Waals surface area contributed by atoms with E-state index in [1.807, 2.05) is 0 Å². The Bertz CT molecular complexity index is 500. The number of carbonyl (C=O) groups is 1. The monoisotopic (exact) mass is 265 g/mol. The predicted molar refractivity (Wildman–Crippen MR) is 68.2 cm³/mol. The molecule has 0 aromatic heterocycles. The summed E-state index contributed by atoms with van der Waals surface area (Å²) in [6.07, 6.45) is 1.80. The number of benzene rings is 1. The van der Waals surface area contributed by atoms with Gasteiger partial charge in [0, 0.05) is 0 Å². The first-order valence-corrected chi connectivity index (χ1v) is 6.12. The highest BCUT2D eigenvalue weighted by Gasteiger charge is 2.35. The molecule has 102 valence electrons. The number of hydrogen-bond donors (Lipinski definition) is 3. The number of nitrogens with zero attached hydrogens (tertiary/aromatic N) is 1. The molecule has 1 atom stereocenters. The lowest BCUT2D eigenvalue weighted by atomic mass is 10.1. The molecule has 2 rings (SSSR count). The summed E-state index contributed by atoms with van der Waals surface area (Å²) in [5, 5.41) is 14.3. The summed E-state index contributed by atoms with van der Waals surface area (Å²) in [6, 6.07) is 5.65.